The average molecular weight is 718 g/mol. The largest absolute Gasteiger partial charge is 0.444 e. The molecule has 5 atom stereocenters. The second-order valence-corrected chi connectivity index (χ2v) is 17.0. The van der Waals surface area contributed by atoms with Crippen LogP contribution in [0.5, 0.6) is 0 Å². The van der Waals surface area contributed by atoms with Crippen molar-refractivity contribution in [3.8, 4) is 0 Å². The van der Waals surface area contributed by atoms with Gasteiger partial charge < -0.3 is 20.3 Å². The summed E-state index contributed by atoms with van der Waals surface area (Å²) in [5.41, 5.74) is 5.52. The van der Waals surface area contributed by atoms with Crippen LogP contribution in [-0.2, 0) is 20.7 Å². The minimum absolute atomic E-state index is 0.0124. The topological polar surface area (TPSA) is 70.7 Å². The molecule has 4 aromatic carbocycles. The fraction of sp³-hybridized carbons (Fsp3) is 0.422. The molecular formula is C45H55N3O3S. The first-order valence-electron chi connectivity index (χ1n) is 19.0. The lowest BCUT2D eigenvalue weighted by atomic mass is 9.84. The van der Waals surface area contributed by atoms with Crippen LogP contribution in [0.2, 0.25) is 0 Å². The zero-order chi connectivity index (χ0) is 36.7. The van der Waals surface area contributed by atoms with Crippen molar-refractivity contribution < 1.29 is 14.3 Å². The Labute approximate surface area is 315 Å². The Morgan fingerprint density at radius 1 is 0.846 bits per heavy atom. The van der Waals surface area contributed by atoms with Crippen molar-refractivity contribution in [3.63, 3.8) is 0 Å². The molecule has 1 heterocycles. The number of carbonyl (C=O) groups excluding carboxylic acids is 2. The molecule has 274 valence electrons. The predicted molar refractivity (Wildman–Crippen MR) is 213 cm³/mol. The molecule has 4 aromatic rings. The summed E-state index contributed by atoms with van der Waals surface area (Å²) in [6.07, 6.45) is 4.36. The van der Waals surface area contributed by atoms with Gasteiger partial charge in [-0.3, -0.25) is 4.79 Å². The number of likely N-dealkylation sites (tertiary alicyclic amines) is 1. The molecule has 0 spiro atoms. The molecule has 0 radical (unpaired) electrons. The van der Waals surface area contributed by atoms with Crippen LogP contribution >= 0.6 is 11.8 Å². The number of amides is 2. The molecule has 52 heavy (non-hydrogen) atoms. The Hall–Kier alpha value is -4.07. The highest BCUT2D eigenvalue weighted by Gasteiger charge is 2.45. The molecule has 2 aliphatic rings. The van der Waals surface area contributed by atoms with Gasteiger partial charge in [-0.1, -0.05) is 136 Å². The minimum Gasteiger partial charge on any atom is -0.444 e. The van der Waals surface area contributed by atoms with Gasteiger partial charge in [0.05, 0.1) is 16.8 Å². The molecule has 6 nitrogen and oxygen atoms in total. The molecule has 7 heteroatoms. The Morgan fingerprint density at radius 2 is 1.40 bits per heavy atom. The van der Waals surface area contributed by atoms with Crippen LogP contribution in [0.15, 0.2) is 115 Å². The summed E-state index contributed by atoms with van der Waals surface area (Å²) in [7, 11) is 0. The van der Waals surface area contributed by atoms with E-state index in [0.29, 0.717) is 13.1 Å². The smallest absolute Gasteiger partial charge is 0.410 e. The zero-order valence-electron chi connectivity index (χ0n) is 31.4. The molecule has 1 saturated heterocycles. The van der Waals surface area contributed by atoms with Crippen LogP contribution in [0, 0.1) is 5.92 Å². The monoisotopic (exact) mass is 717 g/mol. The highest BCUT2D eigenvalue weighted by Crippen LogP contribution is 2.52. The highest BCUT2D eigenvalue weighted by atomic mass is 32.2. The van der Waals surface area contributed by atoms with E-state index in [4.69, 9.17) is 4.74 Å². The summed E-state index contributed by atoms with van der Waals surface area (Å²) in [6.45, 7) is 11.1. The van der Waals surface area contributed by atoms with Gasteiger partial charge in [0.1, 0.15) is 5.60 Å². The molecule has 1 aliphatic heterocycles. The Balaban J connectivity index is 1.28. The molecule has 2 amide bonds. The maximum absolute atomic E-state index is 14.1. The lowest BCUT2D eigenvalue weighted by molar-refractivity contribution is -0.125. The van der Waals surface area contributed by atoms with Gasteiger partial charge in [-0.05, 0) is 80.2 Å². The van der Waals surface area contributed by atoms with Crippen molar-refractivity contribution in [1.82, 2.24) is 15.5 Å². The number of fused-ring (bicyclic) bond motifs is 1. The van der Waals surface area contributed by atoms with Gasteiger partial charge in [0.25, 0.3) is 0 Å². The second kappa shape index (κ2) is 16.7. The third-order valence-corrected chi connectivity index (χ3v) is 12.4. The average Bonchev–Trinajstić information content (AvgIpc) is 3.57. The summed E-state index contributed by atoms with van der Waals surface area (Å²) in [5.74, 6) is 0.141. The molecule has 1 fully saturated rings. The number of thioether (sulfide) groups is 1. The fourth-order valence-electron chi connectivity index (χ4n) is 7.89. The number of hydrogen-bond donors (Lipinski definition) is 2. The first-order valence-corrected chi connectivity index (χ1v) is 19.9. The maximum Gasteiger partial charge on any atom is 0.410 e. The standard InChI is InChI=1S/C45H55N3O3S/c1-6-32(2)41(42(49)47-40-28-18-20-33-19-16-17-27-39(33)40)46-30-37-29-38(31-48(37)43(50)51-44(3,4)5)52-45(34-21-10-7-11-22-34,35-23-12-8-13-24-35)36-25-14-9-15-26-36/h7-17,19,21-27,32,37-38,40-41,46H,6,18,20,28-31H2,1-5H3,(H,47,49)/t32-,37+,38+,40?,41-/m0/s1. The van der Waals surface area contributed by atoms with E-state index in [9.17, 15) is 9.59 Å². The van der Waals surface area contributed by atoms with Crippen molar-refractivity contribution in [3.05, 3.63) is 143 Å². The van der Waals surface area contributed by atoms with Crippen molar-refractivity contribution in [2.45, 2.75) is 100 Å². The number of aryl methyl sites for hydroxylation is 1. The molecule has 6 rings (SSSR count). The number of nitrogens with zero attached hydrogens (tertiary/aromatic N) is 1. The number of benzene rings is 4. The second-order valence-electron chi connectivity index (χ2n) is 15.5. The molecule has 2 N–H and O–H groups in total. The number of hydrogen-bond acceptors (Lipinski definition) is 5. The number of ether oxygens (including phenoxy) is 1. The van der Waals surface area contributed by atoms with Crippen LogP contribution < -0.4 is 10.6 Å². The molecule has 0 bridgehead atoms. The third-order valence-electron chi connectivity index (χ3n) is 10.6. The van der Waals surface area contributed by atoms with Crippen LogP contribution in [0.3, 0.4) is 0 Å². The minimum atomic E-state index is -0.627. The van der Waals surface area contributed by atoms with Crippen LogP contribution in [0.25, 0.3) is 0 Å². The summed E-state index contributed by atoms with van der Waals surface area (Å²) in [4.78, 5) is 29.9. The Kier molecular flexibility index (Phi) is 12.1. The van der Waals surface area contributed by atoms with Crippen LogP contribution in [0.1, 0.15) is 94.2 Å². The van der Waals surface area contributed by atoms with Crippen molar-refractivity contribution in [1.29, 1.82) is 0 Å². The first-order chi connectivity index (χ1) is 25.1. The molecule has 1 aliphatic carbocycles. The van der Waals surface area contributed by atoms with Crippen molar-refractivity contribution in [2.24, 2.45) is 5.92 Å². The summed E-state index contributed by atoms with van der Waals surface area (Å²) >= 11 is 1.91. The molecule has 0 saturated carbocycles. The normalized spacial score (nSPS) is 20.1. The summed E-state index contributed by atoms with van der Waals surface area (Å²) in [5, 5.41) is 7.19. The SMILES string of the molecule is CC[C@H](C)[C@H](NC[C@H]1C[C@@H](SC(c2ccccc2)(c2ccccc2)c2ccccc2)CN1C(=O)OC(C)(C)C)C(=O)NC1CCCc2ccccc21. The maximum atomic E-state index is 14.1. The fourth-order valence-corrected chi connectivity index (χ4v) is 9.76. The van der Waals surface area contributed by atoms with E-state index in [-0.39, 0.29) is 41.3 Å². The molecular weight excluding hydrogens is 663 g/mol. The molecule has 0 aromatic heterocycles. The Morgan fingerprint density at radius 3 is 1.96 bits per heavy atom. The Bertz CT molecular complexity index is 1660. The van der Waals surface area contributed by atoms with Crippen molar-refractivity contribution in [2.75, 3.05) is 13.1 Å². The van der Waals surface area contributed by atoms with Gasteiger partial charge in [-0.25, -0.2) is 4.79 Å². The first kappa shape index (κ1) is 37.7. The van der Waals surface area contributed by atoms with Crippen molar-refractivity contribution >= 4 is 23.8 Å². The highest BCUT2D eigenvalue weighted by molar-refractivity contribution is 8.01. The van der Waals surface area contributed by atoms with E-state index in [1.165, 1.54) is 27.8 Å². The van der Waals surface area contributed by atoms with Crippen LogP contribution in [-0.4, -0.2) is 52.9 Å². The van der Waals surface area contributed by atoms with E-state index < -0.39 is 10.3 Å². The van der Waals surface area contributed by atoms with Gasteiger partial charge in [0, 0.05) is 24.4 Å². The van der Waals surface area contributed by atoms with Gasteiger partial charge in [0.15, 0.2) is 0 Å². The van der Waals surface area contributed by atoms with E-state index in [1.807, 2.05) is 37.4 Å². The van der Waals surface area contributed by atoms with E-state index in [2.05, 4.69) is 140 Å². The van der Waals surface area contributed by atoms with E-state index in [0.717, 1.165) is 32.1 Å². The number of carbonyl (C=O) groups is 2. The van der Waals surface area contributed by atoms with E-state index >= 15 is 0 Å². The van der Waals surface area contributed by atoms with Gasteiger partial charge in [-0.2, -0.15) is 0 Å². The van der Waals surface area contributed by atoms with Gasteiger partial charge in [-0.15, -0.1) is 11.8 Å². The zero-order valence-corrected chi connectivity index (χ0v) is 32.2. The molecule has 1 unspecified atom stereocenters. The van der Waals surface area contributed by atoms with E-state index in [1.54, 1.807) is 0 Å². The summed E-state index contributed by atoms with van der Waals surface area (Å²) < 4.78 is 5.50. The summed E-state index contributed by atoms with van der Waals surface area (Å²) in [6, 6.07) is 40.1. The quantitative estimate of drug-likeness (QED) is 0.143. The van der Waals surface area contributed by atoms with Gasteiger partial charge >= 0.3 is 6.09 Å². The number of nitrogens with one attached hydrogen (secondary N) is 2. The van der Waals surface area contributed by atoms with Crippen LogP contribution in [0.4, 0.5) is 4.79 Å². The lowest BCUT2D eigenvalue weighted by Gasteiger charge is -2.37. The van der Waals surface area contributed by atoms with Gasteiger partial charge in [0.2, 0.25) is 5.91 Å². The third kappa shape index (κ3) is 8.58. The number of rotatable bonds is 12. The predicted octanol–water partition coefficient (Wildman–Crippen LogP) is 9.29. The lowest BCUT2D eigenvalue weighted by Crippen LogP contribution is -2.53.